The highest BCUT2D eigenvalue weighted by Crippen LogP contribution is 2.29. The molecule has 0 atom stereocenters. The second-order valence-electron chi connectivity index (χ2n) is 5.53. The number of amides is 1. The van der Waals surface area contributed by atoms with E-state index < -0.39 is 0 Å². The molecule has 4 rings (SSSR count). The largest absolute Gasteiger partial charge is 0.508 e. The molecule has 1 amide bonds. The third-order valence-corrected chi connectivity index (χ3v) is 3.94. The Hall–Kier alpha value is -3.40. The predicted molar refractivity (Wildman–Crippen MR) is 94.2 cm³/mol. The topological polar surface area (TPSA) is 61.7 Å². The van der Waals surface area contributed by atoms with E-state index in [1.807, 2.05) is 48.5 Å². The molecule has 1 heterocycles. The Bertz CT molecular complexity index is 977. The summed E-state index contributed by atoms with van der Waals surface area (Å²) in [6, 6.07) is 21.8. The number of nitrogens with one attached hydrogen (secondary N) is 1. The molecular weight excluding hydrogens is 300 g/mol. The van der Waals surface area contributed by atoms with Gasteiger partial charge in [0.2, 0.25) is 0 Å². The summed E-state index contributed by atoms with van der Waals surface area (Å²) in [5.41, 5.74) is 4.15. The van der Waals surface area contributed by atoms with E-state index in [-0.39, 0.29) is 11.7 Å². The van der Waals surface area contributed by atoms with Crippen LogP contribution >= 0.6 is 0 Å². The number of anilines is 2. The van der Waals surface area contributed by atoms with Gasteiger partial charge < -0.3 is 10.4 Å². The Morgan fingerprint density at radius 3 is 2.21 bits per heavy atom. The smallest absolute Gasteiger partial charge is 0.279 e. The molecule has 0 unspecified atom stereocenters. The van der Waals surface area contributed by atoms with E-state index in [4.69, 9.17) is 0 Å². The van der Waals surface area contributed by atoms with E-state index in [0.29, 0.717) is 16.8 Å². The lowest BCUT2D eigenvalue weighted by Gasteiger charge is -2.18. The molecule has 0 aromatic heterocycles. The molecule has 1 aliphatic heterocycles. The van der Waals surface area contributed by atoms with Crippen LogP contribution in [-0.2, 0) is 0 Å². The number of carbonyl (C=O) groups is 1. The van der Waals surface area contributed by atoms with Gasteiger partial charge in [0.05, 0.1) is 17.0 Å². The molecule has 0 radical (unpaired) electrons. The molecule has 24 heavy (non-hydrogen) atoms. The second kappa shape index (κ2) is 5.66. The SMILES string of the molecule is O=C1N=C(c2cccc(O)c2)c2ccccc2Nc2ccccc21. The van der Waals surface area contributed by atoms with Gasteiger partial charge in [-0.15, -0.1) is 0 Å². The van der Waals surface area contributed by atoms with Crippen molar-refractivity contribution in [2.45, 2.75) is 0 Å². The van der Waals surface area contributed by atoms with Crippen LogP contribution in [0, 0.1) is 0 Å². The molecule has 4 heteroatoms. The van der Waals surface area contributed by atoms with Gasteiger partial charge in [0.25, 0.3) is 5.91 Å². The number of hydrogen-bond acceptors (Lipinski definition) is 3. The van der Waals surface area contributed by atoms with Crippen LogP contribution in [0.4, 0.5) is 11.4 Å². The molecule has 0 saturated carbocycles. The minimum Gasteiger partial charge on any atom is -0.508 e. The van der Waals surface area contributed by atoms with E-state index >= 15 is 0 Å². The molecule has 116 valence electrons. The maximum absolute atomic E-state index is 12.6. The van der Waals surface area contributed by atoms with Gasteiger partial charge in [-0.2, -0.15) is 0 Å². The maximum atomic E-state index is 12.6. The zero-order chi connectivity index (χ0) is 16.5. The molecule has 0 aliphatic carbocycles. The summed E-state index contributed by atoms with van der Waals surface area (Å²) < 4.78 is 0. The zero-order valence-electron chi connectivity index (χ0n) is 12.7. The van der Waals surface area contributed by atoms with Crippen molar-refractivity contribution in [1.29, 1.82) is 0 Å². The Balaban J connectivity index is 1.99. The minimum atomic E-state index is -0.314. The Kier molecular flexibility index (Phi) is 3.35. The number of fused-ring (bicyclic) bond motifs is 2. The number of phenolic OH excluding ortho intramolecular Hbond substituents is 1. The fraction of sp³-hybridized carbons (Fsp3) is 0. The van der Waals surface area contributed by atoms with Gasteiger partial charge in [-0.25, -0.2) is 4.99 Å². The first-order chi connectivity index (χ1) is 11.7. The van der Waals surface area contributed by atoms with Crippen molar-refractivity contribution in [2.75, 3.05) is 5.32 Å². The minimum absolute atomic E-state index is 0.135. The predicted octanol–water partition coefficient (Wildman–Crippen LogP) is 4.13. The third kappa shape index (κ3) is 2.44. The van der Waals surface area contributed by atoms with E-state index in [1.165, 1.54) is 0 Å². The first kappa shape index (κ1) is 14.2. The number of aliphatic imine (C=N–C) groups is 1. The average Bonchev–Trinajstić information content (AvgIpc) is 2.59. The molecular formula is C20H14N2O2. The van der Waals surface area contributed by atoms with Crippen molar-refractivity contribution in [1.82, 2.24) is 0 Å². The van der Waals surface area contributed by atoms with Gasteiger partial charge >= 0.3 is 0 Å². The van der Waals surface area contributed by atoms with Crippen LogP contribution in [0.1, 0.15) is 21.5 Å². The molecule has 3 aromatic carbocycles. The normalized spacial score (nSPS) is 13.0. The van der Waals surface area contributed by atoms with Crippen LogP contribution in [0.5, 0.6) is 5.75 Å². The molecule has 0 bridgehead atoms. The Labute approximate surface area is 139 Å². The number of nitrogens with zero attached hydrogens (tertiary/aromatic N) is 1. The molecule has 2 N–H and O–H groups in total. The van der Waals surface area contributed by atoms with Crippen molar-refractivity contribution >= 4 is 23.0 Å². The van der Waals surface area contributed by atoms with Crippen LogP contribution in [0.3, 0.4) is 0 Å². The van der Waals surface area contributed by atoms with Crippen LogP contribution < -0.4 is 5.32 Å². The first-order valence-corrected chi connectivity index (χ1v) is 7.60. The molecule has 0 fully saturated rings. The Morgan fingerprint density at radius 2 is 1.46 bits per heavy atom. The van der Waals surface area contributed by atoms with E-state index in [2.05, 4.69) is 10.3 Å². The second-order valence-corrected chi connectivity index (χ2v) is 5.53. The number of carbonyl (C=O) groups excluding carboxylic acids is 1. The van der Waals surface area contributed by atoms with Crippen molar-refractivity contribution in [3.63, 3.8) is 0 Å². The van der Waals surface area contributed by atoms with Crippen LogP contribution in [-0.4, -0.2) is 16.7 Å². The van der Waals surface area contributed by atoms with Gasteiger partial charge in [-0.1, -0.05) is 42.5 Å². The summed E-state index contributed by atoms with van der Waals surface area (Å²) in [5, 5.41) is 13.1. The standard InChI is InChI=1S/C20H14N2O2/c23-14-7-5-6-13(12-14)19-15-8-1-3-10-17(15)21-18-11-4-2-9-16(18)20(24)22-19/h1-12,21,23H. The fourth-order valence-corrected chi connectivity index (χ4v) is 2.82. The van der Waals surface area contributed by atoms with E-state index in [1.54, 1.807) is 24.3 Å². The van der Waals surface area contributed by atoms with Gasteiger partial charge in [0, 0.05) is 16.8 Å². The van der Waals surface area contributed by atoms with Crippen LogP contribution in [0.15, 0.2) is 77.8 Å². The van der Waals surface area contributed by atoms with Crippen molar-refractivity contribution in [3.8, 4) is 5.75 Å². The number of hydrogen-bond donors (Lipinski definition) is 2. The van der Waals surface area contributed by atoms with E-state index in [9.17, 15) is 9.90 Å². The summed E-state index contributed by atoms with van der Waals surface area (Å²) in [6.07, 6.45) is 0. The number of para-hydroxylation sites is 2. The third-order valence-electron chi connectivity index (χ3n) is 3.94. The molecule has 1 aliphatic rings. The van der Waals surface area contributed by atoms with Crippen molar-refractivity contribution in [3.05, 3.63) is 89.5 Å². The lowest BCUT2D eigenvalue weighted by atomic mass is 9.98. The fourth-order valence-electron chi connectivity index (χ4n) is 2.82. The van der Waals surface area contributed by atoms with Crippen LogP contribution in [0.2, 0.25) is 0 Å². The van der Waals surface area contributed by atoms with Crippen molar-refractivity contribution in [2.24, 2.45) is 4.99 Å². The summed E-state index contributed by atoms with van der Waals surface area (Å²) in [7, 11) is 0. The van der Waals surface area contributed by atoms with Crippen LogP contribution in [0.25, 0.3) is 0 Å². The van der Waals surface area contributed by atoms with Gasteiger partial charge in [-0.05, 0) is 30.3 Å². The maximum Gasteiger partial charge on any atom is 0.279 e. The monoisotopic (exact) mass is 314 g/mol. The van der Waals surface area contributed by atoms with Crippen molar-refractivity contribution < 1.29 is 9.90 Å². The molecule has 0 saturated heterocycles. The number of benzene rings is 3. The number of rotatable bonds is 1. The lowest BCUT2D eigenvalue weighted by molar-refractivity contribution is 0.100. The average molecular weight is 314 g/mol. The van der Waals surface area contributed by atoms with Gasteiger partial charge in [-0.3, -0.25) is 4.79 Å². The first-order valence-electron chi connectivity index (χ1n) is 7.60. The lowest BCUT2D eigenvalue weighted by Crippen LogP contribution is -2.14. The highest BCUT2D eigenvalue weighted by Gasteiger charge is 2.20. The highest BCUT2D eigenvalue weighted by molar-refractivity contribution is 6.22. The van der Waals surface area contributed by atoms with E-state index in [0.717, 1.165) is 16.9 Å². The summed E-state index contributed by atoms with van der Waals surface area (Å²) >= 11 is 0. The summed E-state index contributed by atoms with van der Waals surface area (Å²) in [5.74, 6) is -0.179. The zero-order valence-corrected chi connectivity index (χ0v) is 12.7. The quantitative estimate of drug-likeness (QED) is 0.710. The Morgan fingerprint density at radius 1 is 0.792 bits per heavy atom. The molecule has 0 spiro atoms. The summed E-state index contributed by atoms with van der Waals surface area (Å²) in [4.78, 5) is 17.0. The molecule has 4 nitrogen and oxygen atoms in total. The number of phenols is 1. The van der Waals surface area contributed by atoms with Gasteiger partial charge in [0.1, 0.15) is 5.75 Å². The summed E-state index contributed by atoms with van der Waals surface area (Å²) in [6.45, 7) is 0. The number of aromatic hydroxyl groups is 1. The van der Waals surface area contributed by atoms with Gasteiger partial charge in [0.15, 0.2) is 0 Å². The highest BCUT2D eigenvalue weighted by atomic mass is 16.3. The molecule has 3 aromatic rings.